The number of carbonyl (C=O) groups excluding carboxylic acids is 1. The van der Waals surface area contributed by atoms with Crippen LogP contribution in [0, 0.1) is 0 Å². The molecule has 1 amide bonds. The monoisotopic (exact) mass is 347 g/mol. The molecule has 24 heavy (non-hydrogen) atoms. The van der Waals surface area contributed by atoms with Gasteiger partial charge in [-0.05, 0) is 51.3 Å². The second kappa shape index (κ2) is 8.03. The van der Waals surface area contributed by atoms with Gasteiger partial charge in [0.15, 0.2) is 0 Å². The minimum absolute atomic E-state index is 0.0263. The van der Waals surface area contributed by atoms with E-state index in [9.17, 15) is 4.79 Å². The Balaban J connectivity index is 1.51. The van der Waals surface area contributed by atoms with E-state index in [2.05, 4.69) is 24.3 Å². The van der Waals surface area contributed by atoms with Gasteiger partial charge in [0.2, 0.25) is 5.91 Å². The summed E-state index contributed by atoms with van der Waals surface area (Å²) in [5.41, 5.74) is 1.71. The molecule has 1 aromatic heterocycles. The number of aromatic nitrogens is 2. The van der Waals surface area contributed by atoms with Crippen molar-refractivity contribution in [3.8, 4) is 0 Å². The zero-order valence-corrected chi connectivity index (χ0v) is 15.1. The minimum atomic E-state index is 0.0263. The fourth-order valence-electron chi connectivity index (χ4n) is 2.80. The first-order chi connectivity index (χ1) is 11.6. The Labute approximate surface area is 147 Å². The van der Waals surface area contributed by atoms with Crippen LogP contribution < -0.4 is 5.32 Å². The van der Waals surface area contributed by atoms with Crippen LogP contribution in [-0.2, 0) is 9.53 Å². The first-order valence-corrected chi connectivity index (χ1v) is 9.75. The molecule has 0 spiro atoms. The Kier molecular flexibility index (Phi) is 5.79. The van der Waals surface area contributed by atoms with Gasteiger partial charge in [0.05, 0.1) is 17.4 Å². The predicted molar refractivity (Wildman–Crippen MR) is 99.7 cm³/mol. The number of nitrogens with one attached hydrogen (secondary N) is 1. The van der Waals surface area contributed by atoms with Gasteiger partial charge in [-0.15, -0.1) is 11.8 Å². The van der Waals surface area contributed by atoms with Gasteiger partial charge in [0.1, 0.15) is 0 Å². The topological polar surface area (TPSA) is 56.2 Å². The Morgan fingerprint density at radius 2 is 2.33 bits per heavy atom. The molecule has 6 heteroatoms. The lowest BCUT2D eigenvalue weighted by atomic mass is 10.1. The third-order valence-corrected chi connectivity index (χ3v) is 5.22. The highest BCUT2D eigenvalue weighted by molar-refractivity contribution is 8.00. The number of benzene rings is 1. The van der Waals surface area contributed by atoms with Crippen molar-refractivity contribution in [1.82, 2.24) is 9.78 Å². The van der Waals surface area contributed by atoms with Crippen molar-refractivity contribution >= 4 is 34.3 Å². The van der Waals surface area contributed by atoms with Crippen molar-refractivity contribution in [2.24, 2.45) is 0 Å². The highest BCUT2D eigenvalue weighted by Crippen LogP contribution is 2.20. The quantitative estimate of drug-likeness (QED) is 0.862. The first-order valence-electron chi connectivity index (χ1n) is 8.60. The van der Waals surface area contributed by atoms with Gasteiger partial charge in [-0.2, -0.15) is 5.10 Å². The molecule has 0 bridgehead atoms. The van der Waals surface area contributed by atoms with Crippen LogP contribution in [0.3, 0.4) is 0 Å². The lowest BCUT2D eigenvalue weighted by Gasteiger charge is -2.21. The number of hydrogen-bond acceptors (Lipinski definition) is 4. The van der Waals surface area contributed by atoms with E-state index in [1.54, 1.807) is 11.8 Å². The molecular formula is C18H25N3O2S. The van der Waals surface area contributed by atoms with E-state index in [1.807, 2.05) is 29.1 Å². The van der Waals surface area contributed by atoms with Gasteiger partial charge in [-0.25, -0.2) is 0 Å². The largest absolute Gasteiger partial charge is 0.377 e. The number of anilines is 1. The molecule has 3 rings (SSSR count). The molecule has 1 fully saturated rings. The zero-order chi connectivity index (χ0) is 16.9. The molecule has 1 aromatic carbocycles. The molecule has 2 aromatic rings. The smallest absolute Gasteiger partial charge is 0.234 e. The van der Waals surface area contributed by atoms with E-state index in [4.69, 9.17) is 4.74 Å². The molecule has 0 unspecified atom stereocenters. The van der Waals surface area contributed by atoms with Crippen molar-refractivity contribution in [2.45, 2.75) is 45.3 Å². The van der Waals surface area contributed by atoms with Crippen LogP contribution in [0.15, 0.2) is 24.4 Å². The fraction of sp³-hybridized carbons (Fsp3) is 0.556. The number of hydrogen-bond donors (Lipinski definition) is 1. The summed E-state index contributed by atoms with van der Waals surface area (Å²) in [4.78, 5) is 12.1. The standard InChI is InChI=1S/C18H25N3O2S/c1-13(2)21-10-14-6-7-15(9-17(14)20-21)19-18(22)12-24-11-16-5-3-4-8-23-16/h6-7,9-10,13,16H,3-5,8,11-12H2,1-2H3,(H,19,22)/t16-/m0/s1. The molecule has 0 saturated carbocycles. The SMILES string of the molecule is CC(C)n1cc2ccc(NC(=O)CSC[C@@H]3CCCCO3)cc2n1. The number of carbonyl (C=O) groups is 1. The molecular weight excluding hydrogens is 322 g/mol. The molecule has 1 saturated heterocycles. The highest BCUT2D eigenvalue weighted by Gasteiger charge is 2.14. The Hall–Kier alpha value is -1.53. The van der Waals surface area contributed by atoms with Crippen LogP contribution >= 0.6 is 11.8 Å². The number of thioether (sulfide) groups is 1. The molecule has 5 nitrogen and oxygen atoms in total. The van der Waals surface area contributed by atoms with E-state index in [0.717, 1.165) is 41.8 Å². The molecule has 1 atom stereocenters. The molecule has 0 aliphatic carbocycles. The predicted octanol–water partition coefficient (Wildman–Crippen LogP) is 3.86. The van der Waals surface area contributed by atoms with Crippen LogP contribution in [0.1, 0.15) is 39.2 Å². The van der Waals surface area contributed by atoms with E-state index >= 15 is 0 Å². The Morgan fingerprint density at radius 3 is 3.08 bits per heavy atom. The van der Waals surface area contributed by atoms with Gasteiger partial charge >= 0.3 is 0 Å². The van der Waals surface area contributed by atoms with E-state index in [-0.39, 0.29) is 5.91 Å². The number of nitrogens with zero attached hydrogens (tertiary/aromatic N) is 2. The van der Waals surface area contributed by atoms with Gasteiger partial charge in [-0.3, -0.25) is 9.48 Å². The minimum Gasteiger partial charge on any atom is -0.377 e. The van der Waals surface area contributed by atoms with E-state index < -0.39 is 0 Å². The van der Waals surface area contributed by atoms with Crippen LogP contribution in [0.2, 0.25) is 0 Å². The normalized spacial score (nSPS) is 18.2. The van der Waals surface area contributed by atoms with Crippen molar-refractivity contribution in [3.63, 3.8) is 0 Å². The summed E-state index contributed by atoms with van der Waals surface area (Å²) in [6, 6.07) is 6.19. The van der Waals surface area contributed by atoms with Gasteiger partial charge in [0, 0.05) is 35.7 Å². The second-order valence-corrected chi connectivity index (χ2v) is 7.56. The fourth-order valence-corrected chi connectivity index (χ4v) is 3.70. The summed E-state index contributed by atoms with van der Waals surface area (Å²) >= 11 is 1.64. The maximum atomic E-state index is 12.1. The average Bonchev–Trinajstić information content (AvgIpc) is 2.99. The number of fused-ring (bicyclic) bond motifs is 1. The second-order valence-electron chi connectivity index (χ2n) is 6.53. The van der Waals surface area contributed by atoms with Crippen LogP contribution in [-0.4, -0.2) is 39.9 Å². The Bertz CT molecular complexity index is 693. The third kappa shape index (κ3) is 4.51. The van der Waals surface area contributed by atoms with Crippen molar-refractivity contribution < 1.29 is 9.53 Å². The summed E-state index contributed by atoms with van der Waals surface area (Å²) in [6.07, 6.45) is 5.86. The number of amides is 1. The molecule has 2 heterocycles. The first kappa shape index (κ1) is 17.3. The maximum absolute atomic E-state index is 12.1. The van der Waals surface area contributed by atoms with E-state index in [0.29, 0.717) is 17.9 Å². The third-order valence-electron chi connectivity index (χ3n) is 4.15. The molecule has 130 valence electrons. The molecule has 0 radical (unpaired) electrons. The summed E-state index contributed by atoms with van der Waals surface area (Å²) in [7, 11) is 0. The van der Waals surface area contributed by atoms with Gasteiger partial charge in [-0.1, -0.05) is 0 Å². The van der Waals surface area contributed by atoms with E-state index in [1.165, 1.54) is 6.42 Å². The summed E-state index contributed by atoms with van der Waals surface area (Å²) in [5, 5.41) is 8.60. The maximum Gasteiger partial charge on any atom is 0.234 e. The molecule has 1 aliphatic heterocycles. The zero-order valence-electron chi connectivity index (χ0n) is 14.3. The summed E-state index contributed by atoms with van der Waals surface area (Å²) in [5.74, 6) is 1.38. The van der Waals surface area contributed by atoms with Gasteiger partial charge < -0.3 is 10.1 Å². The molecule has 1 aliphatic rings. The van der Waals surface area contributed by atoms with Gasteiger partial charge in [0.25, 0.3) is 0 Å². The highest BCUT2D eigenvalue weighted by atomic mass is 32.2. The average molecular weight is 347 g/mol. The van der Waals surface area contributed by atoms with Crippen LogP contribution in [0.4, 0.5) is 5.69 Å². The van der Waals surface area contributed by atoms with Crippen molar-refractivity contribution in [2.75, 3.05) is 23.4 Å². The summed E-state index contributed by atoms with van der Waals surface area (Å²) < 4.78 is 7.63. The number of rotatable bonds is 6. The van der Waals surface area contributed by atoms with Crippen molar-refractivity contribution in [1.29, 1.82) is 0 Å². The lowest BCUT2D eigenvalue weighted by Crippen LogP contribution is -2.22. The number of ether oxygens (including phenoxy) is 1. The van der Waals surface area contributed by atoms with Crippen LogP contribution in [0.5, 0.6) is 0 Å². The lowest BCUT2D eigenvalue weighted by molar-refractivity contribution is -0.113. The summed E-state index contributed by atoms with van der Waals surface area (Å²) in [6.45, 7) is 5.06. The van der Waals surface area contributed by atoms with Crippen molar-refractivity contribution in [3.05, 3.63) is 24.4 Å². The Morgan fingerprint density at radius 1 is 1.46 bits per heavy atom. The van der Waals surface area contributed by atoms with Crippen LogP contribution in [0.25, 0.3) is 10.9 Å². The molecule has 1 N–H and O–H groups in total.